The molecule has 4 N–H and O–H groups in total. The summed E-state index contributed by atoms with van der Waals surface area (Å²) in [5.41, 5.74) is 1.58. The maximum atomic E-state index is 12.2. The molecule has 3 amide bonds. The van der Waals surface area contributed by atoms with Crippen molar-refractivity contribution in [3.63, 3.8) is 0 Å². The lowest BCUT2D eigenvalue weighted by atomic mass is 9.92. The largest absolute Gasteiger partial charge is 0.356 e. The second-order valence-electron chi connectivity index (χ2n) is 6.81. The van der Waals surface area contributed by atoms with Gasteiger partial charge in [-0.1, -0.05) is 30.3 Å². The van der Waals surface area contributed by atoms with Crippen molar-refractivity contribution in [3.8, 4) is 17.3 Å². The van der Waals surface area contributed by atoms with Crippen LogP contribution in [0.3, 0.4) is 0 Å². The maximum Gasteiger partial charge on any atom is 0.287 e. The van der Waals surface area contributed by atoms with E-state index in [2.05, 4.69) is 25.9 Å². The summed E-state index contributed by atoms with van der Waals surface area (Å²) in [5, 5.41) is 17.0. The highest BCUT2D eigenvalue weighted by atomic mass is 16.2. The van der Waals surface area contributed by atoms with Crippen molar-refractivity contribution in [1.82, 2.24) is 25.9 Å². The number of hydrogen-bond donors (Lipinski definition) is 4. The van der Waals surface area contributed by atoms with E-state index in [1.165, 1.54) is 0 Å². The Labute approximate surface area is 167 Å². The smallest absolute Gasteiger partial charge is 0.287 e. The minimum absolute atomic E-state index is 0.0902. The Morgan fingerprint density at radius 1 is 1.31 bits per heavy atom. The van der Waals surface area contributed by atoms with E-state index in [4.69, 9.17) is 0 Å². The zero-order chi connectivity index (χ0) is 20.6. The van der Waals surface area contributed by atoms with E-state index >= 15 is 0 Å². The molecule has 1 fully saturated rings. The van der Waals surface area contributed by atoms with Gasteiger partial charge in [-0.3, -0.25) is 14.4 Å². The molecule has 1 aromatic heterocycles. The van der Waals surface area contributed by atoms with Gasteiger partial charge in [0.05, 0.1) is 24.5 Å². The fourth-order valence-electron chi connectivity index (χ4n) is 3.18. The van der Waals surface area contributed by atoms with Crippen LogP contribution in [0.4, 0.5) is 0 Å². The Bertz CT molecular complexity index is 918. The summed E-state index contributed by atoms with van der Waals surface area (Å²) in [6.07, 6.45) is 3.34. The maximum absolute atomic E-state index is 12.2. The van der Waals surface area contributed by atoms with Crippen molar-refractivity contribution >= 4 is 17.7 Å². The third kappa shape index (κ3) is 5.42. The van der Waals surface area contributed by atoms with Gasteiger partial charge in [-0.15, -0.1) is 0 Å². The van der Waals surface area contributed by atoms with E-state index in [0.29, 0.717) is 18.7 Å². The molecule has 9 heteroatoms. The number of nitriles is 1. The number of rotatable bonds is 7. The molecule has 150 valence electrons. The third-order valence-electron chi connectivity index (χ3n) is 4.70. The summed E-state index contributed by atoms with van der Waals surface area (Å²) in [5.74, 6) is -1.32. The number of amides is 3. The molecule has 1 saturated heterocycles. The highest BCUT2D eigenvalue weighted by Gasteiger charge is 2.26. The quantitative estimate of drug-likeness (QED) is 0.548. The molecule has 0 radical (unpaired) electrons. The van der Waals surface area contributed by atoms with E-state index in [0.717, 1.165) is 12.0 Å². The lowest BCUT2D eigenvalue weighted by Gasteiger charge is -2.23. The van der Waals surface area contributed by atoms with Gasteiger partial charge in [0.25, 0.3) is 5.91 Å². The van der Waals surface area contributed by atoms with Crippen LogP contribution in [-0.4, -0.2) is 46.8 Å². The molecular weight excluding hydrogens is 372 g/mol. The summed E-state index contributed by atoms with van der Waals surface area (Å²) < 4.78 is 0. The Morgan fingerprint density at radius 3 is 2.83 bits per heavy atom. The first-order valence-electron chi connectivity index (χ1n) is 9.42. The Balaban J connectivity index is 1.48. The van der Waals surface area contributed by atoms with Crippen LogP contribution in [0.25, 0.3) is 11.3 Å². The number of hydrogen-bond acceptors (Lipinski definition) is 5. The molecule has 2 atom stereocenters. The second kappa shape index (κ2) is 9.50. The number of imidazole rings is 1. The van der Waals surface area contributed by atoms with Crippen molar-refractivity contribution in [1.29, 1.82) is 5.26 Å². The Morgan fingerprint density at radius 2 is 2.10 bits per heavy atom. The van der Waals surface area contributed by atoms with E-state index < -0.39 is 17.9 Å². The summed E-state index contributed by atoms with van der Waals surface area (Å²) in [7, 11) is 0. The average Bonchev–Trinajstić information content (AvgIpc) is 3.24. The van der Waals surface area contributed by atoms with Crippen LogP contribution in [0.1, 0.15) is 29.9 Å². The molecule has 0 aliphatic carbocycles. The molecular formula is C20H22N6O3. The van der Waals surface area contributed by atoms with E-state index in [-0.39, 0.29) is 30.6 Å². The van der Waals surface area contributed by atoms with Gasteiger partial charge < -0.3 is 20.9 Å². The fourth-order valence-corrected chi connectivity index (χ4v) is 3.18. The van der Waals surface area contributed by atoms with Crippen LogP contribution >= 0.6 is 0 Å². The zero-order valence-electron chi connectivity index (χ0n) is 15.8. The summed E-state index contributed by atoms with van der Waals surface area (Å²) >= 11 is 0. The zero-order valence-corrected chi connectivity index (χ0v) is 15.8. The number of nitrogens with zero attached hydrogens (tertiary/aromatic N) is 2. The predicted molar refractivity (Wildman–Crippen MR) is 104 cm³/mol. The lowest BCUT2D eigenvalue weighted by Crippen LogP contribution is -2.44. The summed E-state index contributed by atoms with van der Waals surface area (Å²) in [4.78, 5) is 43.1. The highest BCUT2D eigenvalue weighted by molar-refractivity contribution is 5.94. The van der Waals surface area contributed by atoms with Crippen LogP contribution in [0.2, 0.25) is 0 Å². The number of carbonyl (C=O) groups excluding carboxylic acids is 3. The standard InChI is InChI=1S/C20H22N6O3/c21-10-15(9-14-7-4-8-22-19(14)28)25-17(27)12-24-20(29)18-23-11-16(26-18)13-5-2-1-3-6-13/h1-3,5-6,11,14-15H,4,7-9,12H2,(H,22,28)(H,23,26)(H,24,29)(H,25,27)/t14-,15-/m0/s1. The van der Waals surface area contributed by atoms with Gasteiger partial charge in [-0.2, -0.15) is 5.26 Å². The molecule has 0 saturated carbocycles. The van der Waals surface area contributed by atoms with Gasteiger partial charge in [0.15, 0.2) is 5.82 Å². The average molecular weight is 394 g/mol. The molecule has 0 unspecified atom stereocenters. The number of aromatic nitrogens is 2. The first-order chi connectivity index (χ1) is 14.1. The molecule has 29 heavy (non-hydrogen) atoms. The van der Waals surface area contributed by atoms with Gasteiger partial charge in [0.2, 0.25) is 11.8 Å². The fraction of sp³-hybridized carbons (Fsp3) is 0.350. The monoisotopic (exact) mass is 394 g/mol. The van der Waals surface area contributed by atoms with Gasteiger partial charge in [-0.05, 0) is 24.8 Å². The van der Waals surface area contributed by atoms with Crippen LogP contribution in [0.15, 0.2) is 36.5 Å². The molecule has 3 rings (SSSR count). The molecule has 1 aliphatic rings. The number of benzene rings is 1. The minimum atomic E-state index is -0.790. The van der Waals surface area contributed by atoms with Crippen molar-refractivity contribution < 1.29 is 14.4 Å². The van der Waals surface area contributed by atoms with E-state index in [9.17, 15) is 19.6 Å². The van der Waals surface area contributed by atoms with Crippen LogP contribution in [-0.2, 0) is 9.59 Å². The van der Waals surface area contributed by atoms with Crippen molar-refractivity contribution in [3.05, 3.63) is 42.4 Å². The normalized spacial score (nSPS) is 16.9. The predicted octanol–water partition coefficient (Wildman–Crippen LogP) is 0.731. The Hall–Kier alpha value is -3.67. The van der Waals surface area contributed by atoms with Crippen molar-refractivity contribution in [2.75, 3.05) is 13.1 Å². The molecule has 2 aromatic rings. The number of aromatic amines is 1. The van der Waals surface area contributed by atoms with Gasteiger partial charge in [0.1, 0.15) is 6.04 Å². The molecule has 0 bridgehead atoms. The number of piperidine rings is 1. The lowest BCUT2D eigenvalue weighted by molar-refractivity contribution is -0.127. The number of H-pyrrole nitrogens is 1. The topological polar surface area (TPSA) is 140 Å². The SMILES string of the molecule is N#C[C@H](C[C@@H]1CCCNC1=O)NC(=O)CNC(=O)c1ncc(-c2ccccc2)[nH]1. The first kappa shape index (κ1) is 20.1. The third-order valence-corrected chi connectivity index (χ3v) is 4.70. The number of carbonyl (C=O) groups is 3. The molecule has 1 aliphatic heterocycles. The van der Waals surface area contributed by atoms with Crippen molar-refractivity contribution in [2.24, 2.45) is 5.92 Å². The first-order valence-corrected chi connectivity index (χ1v) is 9.42. The summed E-state index contributed by atoms with van der Waals surface area (Å²) in [6.45, 7) is 0.346. The Kier molecular flexibility index (Phi) is 6.58. The van der Waals surface area contributed by atoms with Crippen LogP contribution in [0.5, 0.6) is 0 Å². The number of nitrogens with one attached hydrogen (secondary N) is 4. The van der Waals surface area contributed by atoms with E-state index in [1.807, 2.05) is 36.4 Å². The minimum Gasteiger partial charge on any atom is -0.356 e. The van der Waals surface area contributed by atoms with Gasteiger partial charge >= 0.3 is 0 Å². The molecule has 1 aromatic carbocycles. The second-order valence-corrected chi connectivity index (χ2v) is 6.81. The van der Waals surface area contributed by atoms with Crippen molar-refractivity contribution in [2.45, 2.75) is 25.3 Å². The van der Waals surface area contributed by atoms with Gasteiger partial charge in [0, 0.05) is 12.5 Å². The highest BCUT2D eigenvalue weighted by Crippen LogP contribution is 2.17. The van der Waals surface area contributed by atoms with Crippen LogP contribution in [0, 0.1) is 17.2 Å². The molecule has 0 spiro atoms. The molecule has 2 heterocycles. The van der Waals surface area contributed by atoms with Crippen LogP contribution < -0.4 is 16.0 Å². The van der Waals surface area contributed by atoms with E-state index in [1.54, 1.807) is 6.20 Å². The van der Waals surface area contributed by atoms with Gasteiger partial charge in [-0.25, -0.2) is 4.98 Å². The summed E-state index contributed by atoms with van der Waals surface area (Å²) in [6, 6.07) is 10.6. The molecule has 9 nitrogen and oxygen atoms in total.